The molecule has 0 saturated heterocycles. The maximum Gasteiger partial charge on any atom is 0.265 e. The van der Waals surface area contributed by atoms with Gasteiger partial charge in [-0.1, -0.05) is 66.7 Å². The maximum absolute atomic E-state index is 13.2. The van der Waals surface area contributed by atoms with Gasteiger partial charge in [-0.3, -0.25) is 13.9 Å². The van der Waals surface area contributed by atoms with Crippen LogP contribution in [0.4, 0.5) is 11.4 Å². The highest BCUT2D eigenvalue weighted by Crippen LogP contribution is 2.41. The second kappa shape index (κ2) is 8.88. The van der Waals surface area contributed by atoms with Gasteiger partial charge in [-0.15, -0.1) is 0 Å². The number of anilines is 2. The third-order valence-corrected chi connectivity index (χ3v) is 7.86. The summed E-state index contributed by atoms with van der Waals surface area (Å²) < 4.78 is 27.4. The second-order valence-electron chi connectivity index (χ2n) is 8.34. The van der Waals surface area contributed by atoms with Crippen molar-refractivity contribution in [3.05, 3.63) is 102 Å². The lowest BCUT2D eigenvalue weighted by atomic mass is 10.1. The molecule has 4 aromatic carbocycles. The average Bonchev–Trinajstić information content (AvgIpc) is 3.08. The minimum Gasteiger partial charge on any atom is -0.345 e. The van der Waals surface area contributed by atoms with E-state index in [4.69, 9.17) is 0 Å². The van der Waals surface area contributed by atoms with E-state index < -0.39 is 22.5 Å². The smallest absolute Gasteiger partial charge is 0.265 e. The van der Waals surface area contributed by atoms with Crippen molar-refractivity contribution < 1.29 is 18.0 Å². The molecule has 1 heterocycles. The van der Waals surface area contributed by atoms with Gasteiger partial charge in [-0.25, -0.2) is 8.42 Å². The van der Waals surface area contributed by atoms with Crippen molar-refractivity contribution in [2.75, 3.05) is 16.2 Å². The first kappa shape index (κ1) is 22.6. The van der Waals surface area contributed by atoms with Crippen molar-refractivity contribution in [1.29, 1.82) is 0 Å². The first-order valence-electron chi connectivity index (χ1n) is 11.2. The highest BCUT2D eigenvalue weighted by Gasteiger charge is 2.36. The van der Waals surface area contributed by atoms with Gasteiger partial charge in [0, 0.05) is 5.39 Å². The molecule has 2 N–H and O–H groups in total. The first-order valence-corrected chi connectivity index (χ1v) is 12.6. The summed E-state index contributed by atoms with van der Waals surface area (Å²) in [4.78, 5) is 26.2. The fourth-order valence-electron chi connectivity index (χ4n) is 4.34. The summed E-state index contributed by atoms with van der Waals surface area (Å²) in [6.45, 7) is 1.47. The predicted octanol–water partition coefficient (Wildman–Crippen LogP) is 4.48. The van der Waals surface area contributed by atoms with Crippen molar-refractivity contribution in [3.8, 4) is 0 Å². The lowest BCUT2D eigenvalue weighted by molar-refractivity contribution is -0.114. The van der Waals surface area contributed by atoms with Gasteiger partial charge in [0.2, 0.25) is 5.91 Å². The molecular weight excluding hydrogens is 462 g/mol. The second-order valence-corrected chi connectivity index (χ2v) is 10.2. The van der Waals surface area contributed by atoms with Crippen LogP contribution in [-0.2, 0) is 14.8 Å². The summed E-state index contributed by atoms with van der Waals surface area (Å²) in [6.07, 6.45) is 0. The fraction of sp³-hybridized carbons (Fsp3) is 0.111. The minimum absolute atomic E-state index is 0.188. The molecule has 1 aliphatic heterocycles. The number of nitrogens with one attached hydrogen (secondary N) is 2. The van der Waals surface area contributed by atoms with Crippen LogP contribution in [0, 0.1) is 0 Å². The standard InChI is InChI=1S/C27H23N3O4S/c1-18(19-9-3-2-4-10-19)28-27(32)21-13-5-6-14-22(21)29-25(31)17-30-23-15-7-11-20-12-8-16-24(26(20)23)35(30,33)34/h2-16,18H,17H2,1H3,(H,28,32)(H,29,31). The number of carbonyl (C=O) groups is 2. The van der Waals surface area contributed by atoms with Gasteiger partial charge in [-0.2, -0.15) is 0 Å². The molecule has 35 heavy (non-hydrogen) atoms. The Balaban J connectivity index is 1.36. The number of benzene rings is 4. The Hall–Kier alpha value is -4.17. The summed E-state index contributed by atoms with van der Waals surface area (Å²) in [5.74, 6) is -0.891. The quantitative estimate of drug-likeness (QED) is 0.421. The largest absolute Gasteiger partial charge is 0.345 e. The van der Waals surface area contributed by atoms with E-state index in [1.165, 1.54) is 0 Å². The molecule has 1 atom stereocenters. The van der Waals surface area contributed by atoms with E-state index in [0.29, 0.717) is 22.3 Å². The number of hydrogen-bond donors (Lipinski definition) is 2. The van der Waals surface area contributed by atoms with Crippen molar-refractivity contribution in [3.63, 3.8) is 0 Å². The van der Waals surface area contributed by atoms with E-state index in [1.807, 2.05) is 49.4 Å². The van der Waals surface area contributed by atoms with E-state index in [2.05, 4.69) is 10.6 Å². The Morgan fingerprint density at radius 3 is 2.31 bits per heavy atom. The van der Waals surface area contributed by atoms with Crippen LogP contribution in [0.25, 0.3) is 10.8 Å². The highest BCUT2D eigenvalue weighted by molar-refractivity contribution is 7.93. The van der Waals surface area contributed by atoms with Crippen LogP contribution in [0.2, 0.25) is 0 Å². The number of nitrogens with zero attached hydrogens (tertiary/aromatic N) is 1. The molecule has 0 saturated carbocycles. The molecule has 0 aromatic heterocycles. The van der Waals surface area contributed by atoms with E-state index >= 15 is 0 Å². The topological polar surface area (TPSA) is 95.6 Å². The normalized spacial score (nSPS) is 14.5. The number of sulfonamides is 1. The van der Waals surface area contributed by atoms with Gasteiger partial charge in [0.15, 0.2) is 0 Å². The molecule has 5 rings (SSSR count). The predicted molar refractivity (Wildman–Crippen MR) is 136 cm³/mol. The summed E-state index contributed by atoms with van der Waals surface area (Å²) >= 11 is 0. The lowest BCUT2D eigenvalue weighted by Crippen LogP contribution is -2.36. The van der Waals surface area contributed by atoms with E-state index in [-0.39, 0.29) is 16.8 Å². The summed E-state index contributed by atoms with van der Waals surface area (Å²) in [7, 11) is -3.87. The molecule has 4 aromatic rings. The summed E-state index contributed by atoms with van der Waals surface area (Å²) in [6, 6.07) is 26.3. The van der Waals surface area contributed by atoms with Crippen LogP contribution < -0.4 is 14.9 Å². The van der Waals surface area contributed by atoms with Crippen LogP contribution in [0.5, 0.6) is 0 Å². The van der Waals surface area contributed by atoms with Gasteiger partial charge >= 0.3 is 0 Å². The molecule has 1 unspecified atom stereocenters. The Bertz CT molecular complexity index is 1550. The highest BCUT2D eigenvalue weighted by atomic mass is 32.2. The van der Waals surface area contributed by atoms with Gasteiger partial charge in [0.1, 0.15) is 6.54 Å². The average molecular weight is 486 g/mol. The zero-order valence-corrected chi connectivity index (χ0v) is 19.7. The molecule has 176 valence electrons. The molecule has 8 heteroatoms. The van der Waals surface area contributed by atoms with Crippen molar-refractivity contribution >= 4 is 44.0 Å². The third kappa shape index (κ3) is 4.13. The molecule has 0 bridgehead atoms. The van der Waals surface area contributed by atoms with Crippen LogP contribution in [0.3, 0.4) is 0 Å². The monoisotopic (exact) mass is 485 g/mol. The van der Waals surface area contributed by atoms with Crippen LogP contribution in [0.1, 0.15) is 28.9 Å². The molecule has 2 amide bonds. The van der Waals surface area contributed by atoms with Crippen LogP contribution in [0.15, 0.2) is 95.9 Å². The van der Waals surface area contributed by atoms with E-state index in [0.717, 1.165) is 15.3 Å². The SMILES string of the molecule is CC(NC(=O)c1ccccc1NC(=O)CN1c2cccc3cccc(c23)S1(=O)=O)c1ccccc1. The fourth-order valence-corrected chi connectivity index (χ4v) is 6.00. The Morgan fingerprint density at radius 2 is 1.54 bits per heavy atom. The van der Waals surface area contributed by atoms with E-state index in [9.17, 15) is 18.0 Å². The summed E-state index contributed by atoms with van der Waals surface area (Å²) in [5, 5.41) is 7.06. The van der Waals surface area contributed by atoms with Gasteiger partial charge < -0.3 is 10.6 Å². The van der Waals surface area contributed by atoms with Gasteiger partial charge in [-0.05, 0) is 42.1 Å². The van der Waals surface area contributed by atoms with Crippen LogP contribution >= 0.6 is 0 Å². The minimum atomic E-state index is -3.87. The molecule has 0 radical (unpaired) electrons. The molecular formula is C27H23N3O4S. The maximum atomic E-state index is 13.2. The number of rotatable bonds is 6. The molecule has 0 fully saturated rings. The Labute approximate surface area is 203 Å². The zero-order valence-electron chi connectivity index (χ0n) is 18.9. The van der Waals surface area contributed by atoms with Crippen molar-refractivity contribution in [2.24, 2.45) is 0 Å². The number of amides is 2. The van der Waals surface area contributed by atoms with Gasteiger partial charge in [0.25, 0.3) is 15.9 Å². The number of hydrogen-bond acceptors (Lipinski definition) is 4. The molecule has 7 nitrogen and oxygen atoms in total. The molecule has 0 spiro atoms. The Morgan fingerprint density at radius 1 is 0.857 bits per heavy atom. The van der Waals surface area contributed by atoms with Gasteiger partial charge in [0.05, 0.1) is 27.9 Å². The van der Waals surface area contributed by atoms with Crippen molar-refractivity contribution in [1.82, 2.24) is 5.32 Å². The van der Waals surface area contributed by atoms with E-state index in [1.54, 1.807) is 48.5 Å². The molecule has 0 aliphatic carbocycles. The zero-order chi connectivity index (χ0) is 24.6. The third-order valence-electron chi connectivity index (χ3n) is 6.06. The summed E-state index contributed by atoms with van der Waals surface area (Å²) in [5.41, 5.74) is 2.02. The molecule has 1 aliphatic rings. The number of carbonyl (C=O) groups excluding carboxylic acids is 2. The van der Waals surface area contributed by atoms with Crippen molar-refractivity contribution in [2.45, 2.75) is 17.9 Å². The Kier molecular flexibility index (Phi) is 5.74. The number of para-hydroxylation sites is 1. The van der Waals surface area contributed by atoms with Crippen LogP contribution in [-0.4, -0.2) is 26.8 Å². The first-order chi connectivity index (χ1) is 16.9. The lowest BCUT2D eigenvalue weighted by Gasteiger charge is -2.19.